The molecule has 1 aliphatic carbocycles. The lowest BCUT2D eigenvalue weighted by Crippen LogP contribution is -2.35. The Kier molecular flexibility index (Phi) is 5.52. The SMILES string of the molecule is Cc1c(CC#N)ccnc1-c1cccc(-c2cnc3c(c2Cl)C2(CC[C@@](C)(C(N)=O)C2)CN3)c1F. The molecule has 1 saturated carbocycles. The molecular weight excluding hydrogens is 465 g/mol. The molecule has 0 bridgehead atoms. The molecule has 2 atom stereocenters. The summed E-state index contributed by atoms with van der Waals surface area (Å²) in [6.45, 7) is 4.35. The summed E-state index contributed by atoms with van der Waals surface area (Å²) in [5.74, 6) is -0.0942. The minimum absolute atomic E-state index is 0.225. The van der Waals surface area contributed by atoms with Crippen molar-refractivity contribution in [2.45, 2.75) is 44.9 Å². The maximum atomic E-state index is 16.0. The molecular formula is C27H25ClFN5O. The van der Waals surface area contributed by atoms with E-state index in [1.54, 1.807) is 36.7 Å². The molecule has 35 heavy (non-hydrogen) atoms. The second-order valence-electron chi connectivity index (χ2n) is 9.89. The van der Waals surface area contributed by atoms with Gasteiger partial charge in [-0.05, 0) is 49.4 Å². The molecule has 3 aromatic rings. The maximum absolute atomic E-state index is 16.0. The number of fused-ring (bicyclic) bond motifs is 2. The predicted molar refractivity (Wildman–Crippen MR) is 133 cm³/mol. The highest BCUT2D eigenvalue weighted by molar-refractivity contribution is 6.34. The fourth-order valence-electron chi connectivity index (χ4n) is 5.70. The standard InChI is InChI=1S/C27H25ClFN5O/c1-15-16(6-10-30)7-11-32-23(15)18-5-3-4-17(22(18)29)19-12-33-24-20(21(19)28)27(14-34-24)9-8-26(2,13-27)25(31)35/h3-5,7,11-12H,6,8-9,13-14H2,1-2H3,(H2,31,35)(H,33,34)/t26-,27?/m1/s1. The number of carbonyl (C=O) groups excluding carboxylic acids is 1. The minimum Gasteiger partial charge on any atom is -0.369 e. The molecule has 1 unspecified atom stereocenters. The van der Waals surface area contributed by atoms with E-state index in [4.69, 9.17) is 22.6 Å². The van der Waals surface area contributed by atoms with Gasteiger partial charge < -0.3 is 11.1 Å². The van der Waals surface area contributed by atoms with Crippen LogP contribution in [0.25, 0.3) is 22.4 Å². The monoisotopic (exact) mass is 489 g/mol. The van der Waals surface area contributed by atoms with Crippen LogP contribution < -0.4 is 11.1 Å². The Balaban J connectivity index is 1.62. The number of amides is 1. The summed E-state index contributed by atoms with van der Waals surface area (Å²) in [7, 11) is 0. The summed E-state index contributed by atoms with van der Waals surface area (Å²) in [5, 5.41) is 12.9. The van der Waals surface area contributed by atoms with Gasteiger partial charge in [0, 0.05) is 52.0 Å². The van der Waals surface area contributed by atoms with E-state index in [9.17, 15) is 4.79 Å². The molecule has 1 amide bonds. The number of nitrogens with two attached hydrogens (primary N) is 1. The lowest BCUT2D eigenvalue weighted by molar-refractivity contribution is -0.126. The Bertz CT molecular complexity index is 1420. The Morgan fingerprint density at radius 1 is 1.26 bits per heavy atom. The first-order chi connectivity index (χ1) is 16.7. The molecule has 3 heterocycles. The topological polar surface area (TPSA) is 105 Å². The van der Waals surface area contributed by atoms with Gasteiger partial charge in [-0.25, -0.2) is 9.37 Å². The highest BCUT2D eigenvalue weighted by Crippen LogP contribution is 2.57. The number of nitriles is 1. The molecule has 1 fully saturated rings. The number of primary amides is 1. The normalized spacial score (nSPS) is 22.6. The summed E-state index contributed by atoms with van der Waals surface area (Å²) < 4.78 is 16.0. The summed E-state index contributed by atoms with van der Waals surface area (Å²) in [5.41, 5.74) is 8.78. The van der Waals surface area contributed by atoms with Crippen LogP contribution in [0.15, 0.2) is 36.7 Å². The molecule has 0 radical (unpaired) electrons. The minimum atomic E-state index is -0.620. The van der Waals surface area contributed by atoms with Crippen molar-refractivity contribution in [2.75, 3.05) is 11.9 Å². The van der Waals surface area contributed by atoms with Crippen molar-refractivity contribution in [1.82, 2.24) is 9.97 Å². The average Bonchev–Trinajstić information content (AvgIpc) is 3.37. The number of anilines is 1. The van der Waals surface area contributed by atoms with Gasteiger partial charge in [0.05, 0.1) is 23.2 Å². The van der Waals surface area contributed by atoms with Crippen molar-refractivity contribution in [3.8, 4) is 28.5 Å². The van der Waals surface area contributed by atoms with E-state index in [-0.39, 0.29) is 17.7 Å². The number of nitrogens with one attached hydrogen (secondary N) is 1. The van der Waals surface area contributed by atoms with E-state index >= 15 is 4.39 Å². The zero-order valence-electron chi connectivity index (χ0n) is 19.6. The van der Waals surface area contributed by atoms with Crippen LogP contribution in [0.2, 0.25) is 5.02 Å². The largest absolute Gasteiger partial charge is 0.369 e. The molecule has 5 rings (SSSR count). The van der Waals surface area contributed by atoms with Crippen LogP contribution in [0.1, 0.15) is 42.9 Å². The van der Waals surface area contributed by atoms with Gasteiger partial charge in [0.1, 0.15) is 11.6 Å². The third-order valence-electron chi connectivity index (χ3n) is 7.75. The van der Waals surface area contributed by atoms with Crippen LogP contribution in [0, 0.1) is 29.5 Å². The molecule has 178 valence electrons. The smallest absolute Gasteiger partial charge is 0.223 e. The zero-order chi connectivity index (χ0) is 25.0. The Hall–Kier alpha value is -3.50. The lowest BCUT2D eigenvalue weighted by atomic mass is 9.76. The van der Waals surface area contributed by atoms with Crippen LogP contribution in [0.4, 0.5) is 10.2 Å². The molecule has 1 aliphatic heterocycles. The third kappa shape index (κ3) is 3.55. The number of halogens is 2. The number of hydrogen-bond donors (Lipinski definition) is 2. The molecule has 1 spiro atoms. The van der Waals surface area contributed by atoms with Crippen molar-refractivity contribution < 1.29 is 9.18 Å². The van der Waals surface area contributed by atoms with Crippen LogP contribution >= 0.6 is 11.6 Å². The van der Waals surface area contributed by atoms with Gasteiger partial charge in [0.15, 0.2) is 0 Å². The van der Waals surface area contributed by atoms with Gasteiger partial charge >= 0.3 is 0 Å². The van der Waals surface area contributed by atoms with Gasteiger partial charge in [0.2, 0.25) is 5.91 Å². The fourth-order valence-corrected chi connectivity index (χ4v) is 6.14. The number of nitrogens with zero attached hydrogens (tertiary/aromatic N) is 3. The highest BCUT2D eigenvalue weighted by atomic mass is 35.5. The molecule has 2 aliphatic rings. The molecule has 8 heteroatoms. The number of carbonyl (C=O) groups is 1. The third-order valence-corrected chi connectivity index (χ3v) is 8.14. The molecule has 6 nitrogen and oxygen atoms in total. The van der Waals surface area contributed by atoms with Crippen molar-refractivity contribution in [3.05, 3.63) is 64.2 Å². The van der Waals surface area contributed by atoms with Crippen LogP contribution in [0.3, 0.4) is 0 Å². The van der Waals surface area contributed by atoms with E-state index in [2.05, 4.69) is 21.4 Å². The average molecular weight is 490 g/mol. The number of benzene rings is 1. The second-order valence-corrected chi connectivity index (χ2v) is 10.3. The Morgan fingerprint density at radius 3 is 2.74 bits per heavy atom. The van der Waals surface area contributed by atoms with E-state index < -0.39 is 11.2 Å². The first-order valence-electron chi connectivity index (χ1n) is 11.5. The Morgan fingerprint density at radius 2 is 2.03 bits per heavy atom. The van der Waals surface area contributed by atoms with E-state index in [1.165, 1.54) is 0 Å². The van der Waals surface area contributed by atoms with Crippen molar-refractivity contribution in [1.29, 1.82) is 5.26 Å². The quantitative estimate of drug-likeness (QED) is 0.516. The first-order valence-corrected chi connectivity index (χ1v) is 11.9. The lowest BCUT2D eigenvalue weighted by Gasteiger charge is -2.27. The predicted octanol–water partition coefficient (Wildman–Crippen LogP) is 5.32. The van der Waals surface area contributed by atoms with Gasteiger partial charge in [0.25, 0.3) is 0 Å². The molecule has 2 aromatic heterocycles. The second kappa shape index (κ2) is 8.31. The molecule has 3 N–H and O–H groups in total. The van der Waals surface area contributed by atoms with Gasteiger partial charge in [-0.15, -0.1) is 0 Å². The van der Waals surface area contributed by atoms with E-state index in [0.29, 0.717) is 52.6 Å². The van der Waals surface area contributed by atoms with Crippen molar-refractivity contribution >= 4 is 23.3 Å². The van der Waals surface area contributed by atoms with Crippen LogP contribution in [-0.2, 0) is 16.6 Å². The Labute approximate surface area is 208 Å². The molecule has 0 saturated heterocycles. The summed E-state index contributed by atoms with van der Waals surface area (Å²) >= 11 is 6.98. The summed E-state index contributed by atoms with van der Waals surface area (Å²) in [6.07, 6.45) is 5.38. The molecule has 1 aromatic carbocycles. The van der Waals surface area contributed by atoms with E-state index in [0.717, 1.165) is 23.1 Å². The van der Waals surface area contributed by atoms with Crippen LogP contribution in [0.5, 0.6) is 0 Å². The van der Waals surface area contributed by atoms with E-state index in [1.807, 2.05) is 13.8 Å². The number of pyridine rings is 2. The summed E-state index contributed by atoms with van der Waals surface area (Å²) in [4.78, 5) is 21.1. The highest BCUT2D eigenvalue weighted by Gasteiger charge is 2.53. The van der Waals surface area contributed by atoms with Gasteiger partial charge in [-0.1, -0.05) is 30.7 Å². The van der Waals surface area contributed by atoms with Crippen molar-refractivity contribution in [3.63, 3.8) is 0 Å². The maximum Gasteiger partial charge on any atom is 0.223 e. The summed E-state index contributed by atoms with van der Waals surface area (Å²) in [6, 6.07) is 9.04. The zero-order valence-corrected chi connectivity index (χ0v) is 20.3. The van der Waals surface area contributed by atoms with Crippen molar-refractivity contribution in [2.24, 2.45) is 11.1 Å². The van der Waals surface area contributed by atoms with Crippen LogP contribution in [-0.4, -0.2) is 22.4 Å². The number of hydrogen-bond acceptors (Lipinski definition) is 5. The fraction of sp³-hybridized carbons (Fsp3) is 0.333. The number of aromatic nitrogens is 2. The first kappa shape index (κ1) is 23.3. The number of rotatable bonds is 4. The van der Waals surface area contributed by atoms with Gasteiger partial charge in [-0.2, -0.15) is 5.26 Å². The van der Waals surface area contributed by atoms with Gasteiger partial charge in [-0.3, -0.25) is 9.78 Å².